The van der Waals surface area contributed by atoms with Crippen molar-refractivity contribution in [3.63, 3.8) is 0 Å². The monoisotopic (exact) mass is 244 g/mol. The Labute approximate surface area is 96.4 Å². The molecule has 1 aromatic heterocycles. The van der Waals surface area contributed by atoms with Crippen LogP contribution in [-0.4, -0.2) is 10.9 Å². The highest BCUT2D eigenvalue weighted by Gasteiger charge is 2.32. The quantitative estimate of drug-likeness (QED) is 0.869. The molecule has 1 heterocycles. The van der Waals surface area contributed by atoms with Gasteiger partial charge in [0.2, 0.25) is 0 Å². The molecule has 0 aliphatic heterocycles. The molecule has 0 bridgehead atoms. The zero-order chi connectivity index (χ0) is 13.1. The third-order valence-electron chi connectivity index (χ3n) is 2.02. The standard InChI is InChI=1S/C11H11F3N2O/c1-3-7(2)15-10(17)8-5-4-6-9(16-8)11(12,13)14/h3-6H,1-2H3,(H,15,17)/b7-3+. The second kappa shape index (κ2) is 4.99. The fourth-order valence-corrected chi connectivity index (χ4v) is 1.03. The molecule has 0 radical (unpaired) electrons. The van der Waals surface area contributed by atoms with Crippen LogP contribution in [0.2, 0.25) is 0 Å². The summed E-state index contributed by atoms with van der Waals surface area (Å²) in [7, 11) is 0. The maximum absolute atomic E-state index is 12.4. The first-order valence-corrected chi connectivity index (χ1v) is 4.83. The Bertz CT molecular complexity index is 452. The Morgan fingerprint density at radius 1 is 1.41 bits per heavy atom. The van der Waals surface area contributed by atoms with Gasteiger partial charge in [-0.15, -0.1) is 0 Å². The fraction of sp³-hybridized carbons (Fsp3) is 0.273. The minimum absolute atomic E-state index is 0.263. The van der Waals surface area contributed by atoms with Gasteiger partial charge in [0.25, 0.3) is 5.91 Å². The molecule has 92 valence electrons. The number of amides is 1. The van der Waals surface area contributed by atoms with Gasteiger partial charge in [-0.05, 0) is 26.0 Å². The van der Waals surface area contributed by atoms with Crippen LogP contribution >= 0.6 is 0 Å². The maximum Gasteiger partial charge on any atom is 0.433 e. The van der Waals surface area contributed by atoms with Crippen LogP contribution in [0, 0.1) is 0 Å². The van der Waals surface area contributed by atoms with Crippen LogP contribution in [-0.2, 0) is 6.18 Å². The maximum atomic E-state index is 12.4. The van der Waals surface area contributed by atoms with Crippen molar-refractivity contribution in [3.8, 4) is 0 Å². The Morgan fingerprint density at radius 2 is 2.06 bits per heavy atom. The van der Waals surface area contributed by atoms with Crippen LogP contribution in [0.1, 0.15) is 30.0 Å². The van der Waals surface area contributed by atoms with E-state index in [-0.39, 0.29) is 5.69 Å². The van der Waals surface area contributed by atoms with Crippen molar-refractivity contribution >= 4 is 5.91 Å². The number of hydrogen-bond donors (Lipinski definition) is 1. The van der Waals surface area contributed by atoms with E-state index in [1.54, 1.807) is 19.9 Å². The second-order valence-electron chi connectivity index (χ2n) is 3.33. The topological polar surface area (TPSA) is 42.0 Å². The molecule has 1 rings (SSSR count). The summed E-state index contributed by atoms with van der Waals surface area (Å²) in [6.07, 6.45) is -2.92. The predicted molar refractivity (Wildman–Crippen MR) is 56.1 cm³/mol. The van der Waals surface area contributed by atoms with E-state index in [9.17, 15) is 18.0 Å². The van der Waals surface area contributed by atoms with Gasteiger partial charge in [-0.3, -0.25) is 4.79 Å². The van der Waals surface area contributed by atoms with Crippen LogP contribution < -0.4 is 5.32 Å². The molecule has 0 fully saturated rings. The molecule has 1 amide bonds. The van der Waals surface area contributed by atoms with E-state index in [1.165, 1.54) is 6.07 Å². The lowest BCUT2D eigenvalue weighted by Gasteiger charge is -2.08. The summed E-state index contributed by atoms with van der Waals surface area (Å²) in [4.78, 5) is 14.8. The number of alkyl halides is 3. The molecule has 6 heteroatoms. The van der Waals surface area contributed by atoms with E-state index in [4.69, 9.17) is 0 Å². The first kappa shape index (κ1) is 13.2. The molecule has 0 saturated heterocycles. The van der Waals surface area contributed by atoms with E-state index >= 15 is 0 Å². The third kappa shape index (κ3) is 3.58. The molecule has 0 saturated carbocycles. The normalized spacial score (nSPS) is 12.4. The molecule has 1 aromatic rings. The zero-order valence-corrected chi connectivity index (χ0v) is 9.30. The predicted octanol–water partition coefficient (Wildman–Crippen LogP) is 2.75. The van der Waals surface area contributed by atoms with Gasteiger partial charge in [-0.25, -0.2) is 4.98 Å². The largest absolute Gasteiger partial charge is 0.433 e. The van der Waals surface area contributed by atoms with Gasteiger partial charge in [0.15, 0.2) is 0 Å². The van der Waals surface area contributed by atoms with Gasteiger partial charge in [0, 0.05) is 5.70 Å². The third-order valence-corrected chi connectivity index (χ3v) is 2.02. The summed E-state index contributed by atoms with van der Waals surface area (Å²) in [6, 6.07) is 3.20. The van der Waals surface area contributed by atoms with E-state index in [2.05, 4.69) is 10.3 Å². The summed E-state index contributed by atoms with van der Waals surface area (Å²) in [6.45, 7) is 3.33. The highest BCUT2D eigenvalue weighted by Crippen LogP contribution is 2.27. The lowest BCUT2D eigenvalue weighted by atomic mass is 10.2. The first-order valence-electron chi connectivity index (χ1n) is 4.83. The molecule has 17 heavy (non-hydrogen) atoms. The van der Waals surface area contributed by atoms with Gasteiger partial charge in [0.1, 0.15) is 11.4 Å². The summed E-state index contributed by atoms with van der Waals surface area (Å²) >= 11 is 0. The summed E-state index contributed by atoms with van der Waals surface area (Å²) < 4.78 is 37.1. The van der Waals surface area contributed by atoms with Crippen molar-refractivity contribution in [2.75, 3.05) is 0 Å². The Morgan fingerprint density at radius 3 is 2.59 bits per heavy atom. The number of carbonyl (C=O) groups excluding carboxylic acids is 1. The van der Waals surface area contributed by atoms with Crippen molar-refractivity contribution in [3.05, 3.63) is 41.4 Å². The number of nitrogens with zero attached hydrogens (tertiary/aromatic N) is 1. The summed E-state index contributed by atoms with van der Waals surface area (Å²) in [5.74, 6) is -0.660. The van der Waals surface area contributed by atoms with E-state index in [0.29, 0.717) is 5.70 Å². The van der Waals surface area contributed by atoms with Crippen molar-refractivity contribution in [2.45, 2.75) is 20.0 Å². The molecule has 0 aliphatic carbocycles. The molecular formula is C11H11F3N2O. The number of carbonyl (C=O) groups is 1. The molecule has 0 unspecified atom stereocenters. The lowest BCUT2D eigenvalue weighted by Crippen LogP contribution is -2.23. The number of hydrogen-bond acceptors (Lipinski definition) is 2. The van der Waals surface area contributed by atoms with Gasteiger partial charge in [-0.2, -0.15) is 13.2 Å². The highest BCUT2D eigenvalue weighted by atomic mass is 19.4. The number of rotatable bonds is 2. The molecule has 0 atom stereocenters. The average Bonchev–Trinajstić information content (AvgIpc) is 2.28. The molecule has 1 N–H and O–H groups in total. The second-order valence-corrected chi connectivity index (χ2v) is 3.33. The van der Waals surface area contributed by atoms with E-state index < -0.39 is 17.8 Å². The Hall–Kier alpha value is -1.85. The van der Waals surface area contributed by atoms with E-state index in [0.717, 1.165) is 12.1 Å². The molecule has 3 nitrogen and oxygen atoms in total. The minimum atomic E-state index is -4.55. The number of nitrogens with one attached hydrogen (secondary N) is 1. The SMILES string of the molecule is C/C=C(\C)NC(=O)c1cccc(C(F)(F)F)n1. The fourth-order valence-electron chi connectivity index (χ4n) is 1.03. The van der Waals surface area contributed by atoms with Crippen LogP contribution in [0.15, 0.2) is 30.0 Å². The van der Waals surface area contributed by atoms with Gasteiger partial charge in [0.05, 0.1) is 0 Å². The molecular weight excluding hydrogens is 233 g/mol. The van der Waals surface area contributed by atoms with Crippen LogP contribution in [0.3, 0.4) is 0 Å². The summed E-state index contributed by atoms with van der Waals surface area (Å²) in [5, 5.41) is 2.42. The molecule has 0 aliphatic rings. The number of pyridine rings is 1. The Balaban J connectivity index is 2.96. The smallest absolute Gasteiger partial charge is 0.325 e. The summed E-state index contributed by atoms with van der Waals surface area (Å²) in [5.41, 5.74) is -0.793. The van der Waals surface area contributed by atoms with Gasteiger partial charge in [-0.1, -0.05) is 12.1 Å². The molecule has 0 aromatic carbocycles. The van der Waals surface area contributed by atoms with E-state index in [1.807, 2.05) is 0 Å². The first-order chi connectivity index (χ1) is 7.84. The molecule has 0 spiro atoms. The Kier molecular flexibility index (Phi) is 3.88. The zero-order valence-electron chi connectivity index (χ0n) is 9.30. The van der Waals surface area contributed by atoms with Crippen molar-refractivity contribution in [1.82, 2.24) is 10.3 Å². The van der Waals surface area contributed by atoms with Gasteiger partial charge < -0.3 is 5.32 Å². The highest BCUT2D eigenvalue weighted by molar-refractivity contribution is 5.93. The van der Waals surface area contributed by atoms with Crippen molar-refractivity contribution in [2.24, 2.45) is 0 Å². The number of allylic oxidation sites excluding steroid dienone is 2. The minimum Gasteiger partial charge on any atom is -0.325 e. The van der Waals surface area contributed by atoms with Crippen LogP contribution in [0.4, 0.5) is 13.2 Å². The van der Waals surface area contributed by atoms with Crippen molar-refractivity contribution < 1.29 is 18.0 Å². The van der Waals surface area contributed by atoms with Crippen LogP contribution in [0.5, 0.6) is 0 Å². The van der Waals surface area contributed by atoms with Crippen LogP contribution in [0.25, 0.3) is 0 Å². The average molecular weight is 244 g/mol. The van der Waals surface area contributed by atoms with Gasteiger partial charge >= 0.3 is 6.18 Å². The number of aromatic nitrogens is 1. The van der Waals surface area contributed by atoms with Crippen molar-refractivity contribution in [1.29, 1.82) is 0 Å². The number of halogens is 3. The lowest BCUT2D eigenvalue weighted by molar-refractivity contribution is -0.141.